The molecule has 0 aromatic heterocycles. The number of hydrogen-bond acceptors (Lipinski definition) is 6. The average molecular weight is 443 g/mol. The molecule has 3 atom stereocenters. The van der Waals surface area contributed by atoms with Crippen molar-refractivity contribution in [1.82, 2.24) is 0 Å². The molecule has 0 radical (unpaired) electrons. The van der Waals surface area contributed by atoms with Crippen LogP contribution in [0.1, 0.15) is 31.9 Å². The van der Waals surface area contributed by atoms with Gasteiger partial charge in [0, 0.05) is 20.0 Å². The highest BCUT2D eigenvalue weighted by molar-refractivity contribution is 5.78. The van der Waals surface area contributed by atoms with Crippen LogP contribution in [0, 0.1) is 51.9 Å². The van der Waals surface area contributed by atoms with Gasteiger partial charge < -0.3 is 14.2 Å². The molecule has 0 aliphatic heterocycles. The molecule has 1 aliphatic carbocycles. The molecule has 3 unspecified atom stereocenters. The Labute approximate surface area is 176 Å². The fourth-order valence-electron chi connectivity index (χ4n) is 3.65. The quantitative estimate of drug-likeness (QED) is 0.264. The van der Waals surface area contributed by atoms with Crippen LogP contribution in [-0.2, 0) is 37.0 Å². The van der Waals surface area contributed by atoms with E-state index in [1.165, 1.54) is 0 Å². The van der Waals surface area contributed by atoms with E-state index in [0.717, 1.165) is 14.0 Å². The van der Waals surface area contributed by atoms with Crippen molar-refractivity contribution in [2.24, 2.45) is 17.3 Å². The van der Waals surface area contributed by atoms with Gasteiger partial charge in [-0.3, -0.25) is 9.59 Å². The summed E-state index contributed by atoms with van der Waals surface area (Å²) in [7, 11) is 1.10. The minimum absolute atomic E-state index is 0.0847. The summed E-state index contributed by atoms with van der Waals surface area (Å²) in [5.74, 6) is -9.88. The zero-order valence-corrected chi connectivity index (χ0v) is 17.4. The maximum atomic E-state index is 14.2. The van der Waals surface area contributed by atoms with Gasteiger partial charge in [-0.15, -0.1) is 0 Å². The average Bonchev–Trinajstić information content (AvgIpc) is 3.28. The smallest absolute Gasteiger partial charge is 0.310 e. The van der Waals surface area contributed by atoms with Crippen molar-refractivity contribution in [3.63, 3.8) is 0 Å². The van der Waals surface area contributed by atoms with Gasteiger partial charge in [-0.1, -0.05) is 20.4 Å². The van der Waals surface area contributed by atoms with Gasteiger partial charge in [0.05, 0.1) is 35.3 Å². The zero-order chi connectivity index (χ0) is 23.7. The molecule has 0 amide bonds. The Balaban J connectivity index is 2.22. The Kier molecular flexibility index (Phi) is 7.11. The van der Waals surface area contributed by atoms with Crippen LogP contribution < -0.4 is 0 Å². The highest BCUT2D eigenvalue weighted by Gasteiger charge is 2.67. The van der Waals surface area contributed by atoms with Crippen LogP contribution in [0.3, 0.4) is 0 Å². The first kappa shape index (κ1) is 24.3. The first-order chi connectivity index (χ1) is 14.4. The van der Waals surface area contributed by atoms with E-state index in [4.69, 9.17) is 14.7 Å². The maximum absolute atomic E-state index is 14.2. The third-order valence-electron chi connectivity index (χ3n) is 5.36. The van der Waals surface area contributed by atoms with E-state index in [-0.39, 0.29) is 5.57 Å². The molecule has 2 rings (SSSR count). The van der Waals surface area contributed by atoms with Gasteiger partial charge >= 0.3 is 11.9 Å². The van der Waals surface area contributed by atoms with Crippen LogP contribution >= 0.6 is 0 Å². The number of ether oxygens (including phenoxy) is 3. The zero-order valence-electron chi connectivity index (χ0n) is 17.4. The van der Waals surface area contributed by atoms with Gasteiger partial charge in [-0.2, -0.15) is 5.26 Å². The van der Waals surface area contributed by atoms with E-state index < -0.39 is 82.9 Å². The standard InChI is InChI=1S/C21H21F4NO5/c1-9(6-26)19(31-10(2)27)13-14(21(13,3)4)20(28)30-8-12-17(24)15(22)11(7-29-5)16(23)18(12)25/h13-14,19H,1,7-8H2,2-5H3. The molecular formula is C21H21F4NO5. The Hall–Kier alpha value is -2.93. The van der Waals surface area contributed by atoms with E-state index in [1.54, 1.807) is 19.9 Å². The van der Waals surface area contributed by atoms with Gasteiger partial charge in [0.15, 0.2) is 23.3 Å². The largest absolute Gasteiger partial charge is 0.460 e. The lowest BCUT2D eigenvalue weighted by Crippen LogP contribution is -2.23. The molecule has 0 N–H and O–H groups in total. The van der Waals surface area contributed by atoms with Crippen LogP contribution in [0.5, 0.6) is 0 Å². The van der Waals surface area contributed by atoms with E-state index in [0.29, 0.717) is 0 Å². The third kappa shape index (κ3) is 4.56. The number of carbonyl (C=O) groups is 2. The molecule has 0 spiro atoms. The number of hydrogen-bond donors (Lipinski definition) is 0. The molecule has 1 aromatic carbocycles. The third-order valence-corrected chi connectivity index (χ3v) is 5.36. The predicted molar refractivity (Wildman–Crippen MR) is 97.9 cm³/mol. The Morgan fingerprint density at radius 2 is 1.58 bits per heavy atom. The molecule has 0 bridgehead atoms. The van der Waals surface area contributed by atoms with Crippen LogP contribution in [0.25, 0.3) is 0 Å². The van der Waals surface area contributed by atoms with Gasteiger partial charge in [0.25, 0.3) is 0 Å². The topological polar surface area (TPSA) is 85.6 Å². The molecule has 0 heterocycles. The highest BCUT2D eigenvalue weighted by atomic mass is 19.2. The lowest BCUT2D eigenvalue weighted by atomic mass is 10.0. The summed E-state index contributed by atoms with van der Waals surface area (Å²) >= 11 is 0. The normalized spacial score (nSPS) is 19.8. The molecule has 10 heteroatoms. The molecule has 31 heavy (non-hydrogen) atoms. The summed E-state index contributed by atoms with van der Waals surface area (Å²) in [6.45, 7) is 6.19. The Bertz CT molecular complexity index is 940. The number of methoxy groups -OCH3 is 1. The lowest BCUT2D eigenvalue weighted by Gasteiger charge is -2.16. The fraction of sp³-hybridized carbons (Fsp3) is 0.476. The van der Waals surface area contributed by atoms with Crippen molar-refractivity contribution in [2.75, 3.05) is 7.11 Å². The Morgan fingerprint density at radius 3 is 2.00 bits per heavy atom. The minimum Gasteiger partial charge on any atom is -0.460 e. The van der Waals surface area contributed by atoms with E-state index in [9.17, 15) is 27.2 Å². The van der Waals surface area contributed by atoms with Crippen molar-refractivity contribution in [2.45, 2.75) is 40.1 Å². The number of esters is 2. The number of nitriles is 1. The second kappa shape index (κ2) is 9.06. The summed E-state index contributed by atoms with van der Waals surface area (Å²) < 4.78 is 71.1. The molecule has 0 saturated heterocycles. The van der Waals surface area contributed by atoms with Gasteiger partial charge in [0.1, 0.15) is 12.7 Å². The maximum Gasteiger partial charge on any atom is 0.310 e. The van der Waals surface area contributed by atoms with Crippen LogP contribution in [-0.4, -0.2) is 25.2 Å². The molecule has 1 fully saturated rings. The van der Waals surface area contributed by atoms with E-state index in [1.807, 2.05) is 0 Å². The summed E-state index contributed by atoms with van der Waals surface area (Å²) in [6, 6.07) is 1.77. The van der Waals surface area contributed by atoms with Crippen LogP contribution in [0.15, 0.2) is 12.2 Å². The number of nitrogens with zero attached hydrogens (tertiary/aromatic N) is 1. The van der Waals surface area contributed by atoms with Gasteiger partial charge in [-0.25, -0.2) is 17.6 Å². The molecular weight excluding hydrogens is 422 g/mol. The predicted octanol–water partition coefficient (Wildman–Crippen LogP) is 3.72. The van der Waals surface area contributed by atoms with E-state index in [2.05, 4.69) is 11.3 Å². The van der Waals surface area contributed by atoms with Gasteiger partial charge in [0.2, 0.25) is 0 Å². The second-order valence-electron chi connectivity index (χ2n) is 7.75. The number of carbonyl (C=O) groups excluding carboxylic acids is 2. The fourth-order valence-corrected chi connectivity index (χ4v) is 3.65. The van der Waals surface area contributed by atoms with Crippen molar-refractivity contribution in [1.29, 1.82) is 5.26 Å². The molecule has 1 aromatic rings. The SMILES string of the molecule is C=C(C#N)C(OC(C)=O)C1C(C(=O)OCc2c(F)c(F)c(COC)c(F)c2F)C1(C)C. The first-order valence-corrected chi connectivity index (χ1v) is 9.15. The van der Waals surface area contributed by atoms with Crippen LogP contribution in [0.2, 0.25) is 0 Å². The molecule has 1 saturated carbocycles. The number of rotatable bonds is 8. The molecule has 168 valence electrons. The lowest BCUT2D eigenvalue weighted by molar-refractivity contribution is -0.150. The summed E-state index contributed by atoms with van der Waals surface area (Å²) in [5, 5.41) is 9.10. The second-order valence-corrected chi connectivity index (χ2v) is 7.75. The van der Waals surface area contributed by atoms with Gasteiger partial charge in [-0.05, 0) is 5.41 Å². The molecule has 1 aliphatic rings. The van der Waals surface area contributed by atoms with Crippen molar-refractivity contribution < 1.29 is 41.4 Å². The monoisotopic (exact) mass is 443 g/mol. The summed E-state index contributed by atoms with van der Waals surface area (Å²) in [6.07, 6.45) is -1.09. The summed E-state index contributed by atoms with van der Waals surface area (Å²) in [5.41, 5.74) is -2.89. The van der Waals surface area contributed by atoms with Crippen molar-refractivity contribution >= 4 is 11.9 Å². The number of benzene rings is 1. The minimum atomic E-state index is -1.69. The Morgan fingerprint density at radius 1 is 1.10 bits per heavy atom. The van der Waals surface area contributed by atoms with Crippen molar-refractivity contribution in [3.05, 3.63) is 46.5 Å². The summed E-state index contributed by atoms with van der Waals surface area (Å²) in [4.78, 5) is 23.9. The van der Waals surface area contributed by atoms with Crippen molar-refractivity contribution in [3.8, 4) is 6.07 Å². The van der Waals surface area contributed by atoms with E-state index >= 15 is 0 Å². The highest BCUT2D eigenvalue weighted by Crippen LogP contribution is 2.62. The van der Waals surface area contributed by atoms with Crippen LogP contribution in [0.4, 0.5) is 17.6 Å². The molecule has 6 nitrogen and oxygen atoms in total. The number of halogens is 4. The first-order valence-electron chi connectivity index (χ1n) is 9.15.